The summed E-state index contributed by atoms with van der Waals surface area (Å²) in [6, 6.07) is 77.9. The van der Waals surface area contributed by atoms with Gasteiger partial charge in [0.15, 0.2) is 5.78 Å². The van der Waals surface area contributed by atoms with Gasteiger partial charge in [-0.15, -0.1) is 107 Å². The molecule has 0 bridgehead atoms. The third kappa shape index (κ3) is 20.9. The third-order valence-corrected chi connectivity index (χ3v) is 16.1. The number of ketones is 1. The molecule has 2 radical (unpaired) electrons. The maximum absolute atomic E-state index is 10.0. The van der Waals surface area contributed by atoms with Crippen LogP contribution in [0.5, 0.6) is 0 Å². The van der Waals surface area contributed by atoms with Crippen molar-refractivity contribution in [2.75, 3.05) is 0 Å². The zero-order valence-electron chi connectivity index (χ0n) is 46.8. The first-order valence-corrected chi connectivity index (χ1v) is 32.8. The smallest absolute Gasteiger partial charge is 0.155 e. The molecule has 0 aliphatic heterocycles. The molecule has 4 heterocycles. The molecule has 0 amide bonds. The standard InChI is InChI=1S/2C20H20NSi.C12H11N.C12H10N.C5H8O2.2Ir/c2*1-22(2,3)19-12-13-20(21-15-19)18-11-7-10-17(14-18)16-8-5-4-6-9-16;2*1-10-6-5-9-13-12(10)11-7-3-2-4-8-11;1-4(6)3-5(2)7;;/h2*4-10,12-15H,1-3H3;2-9H,1H3;2-7,9H,1H3;3,6H,1-2H3;;/q2*-1;;-1;;;. The van der Waals surface area contributed by atoms with Crippen LogP contribution in [0.1, 0.15) is 25.0 Å². The van der Waals surface area contributed by atoms with E-state index in [1.165, 1.54) is 69.2 Å². The number of nitrogens with zero attached hydrogens (tertiary/aromatic N) is 4. The molecule has 6 nitrogen and oxygen atoms in total. The Morgan fingerprint density at radius 2 is 0.835 bits per heavy atom. The Kier molecular flexibility index (Phi) is 26.1. The van der Waals surface area contributed by atoms with E-state index in [2.05, 4.69) is 213 Å². The van der Waals surface area contributed by atoms with Crippen molar-refractivity contribution >= 4 is 32.3 Å². The number of pyridine rings is 4. The minimum atomic E-state index is -1.29. The van der Waals surface area contributed by atoms with Gasteiger partial charge in [-0.1, -0.05) is 172 Å². The summed E-state index contributed by atoms with van der Waals surface area (Å²) in [6.07, 6.45) is 8.87. The van der Waals surface area contributed by atoms with Crippen molar-refractivity contribution in [1.29, 1.82) is 0 Å². The first-order chi connectivity index (χ1) is 37.0. The van der Waals surface area contributed by atoms with Crippen LogP contribution >= 0.6 is 0 Å². The van der Waals surface area contributed by atoms with E-state index < -0.39 is 16.1 Å². The topological polar surface area (TPSA) is 88.9 Å². The predicted molar refractivity (Wildman–Crippen MR) is 329 cm³/mol. The summed E-state index contributed by atoms with van der Waals surface area (Å²) in [4.78, 5) is 28.0. The molecule has 10 aromatic rings. The maximum atomic E-state index is 10.0. The second kappa shape index (κ2) is 32.1. The SMILES string of the molecule is CC(=O)C=C(C)O.C[Si](C)(C)c1ccc(-c2[c-]ccc(-c3ccccc3)c2)nc1.C[Si](C)(C)c1ccc(-c2[c-]ccc(-c3ccccc3)c2)nc1.Cc1cccnc1-c1[c-]cccc1.Cc1cccnc1-c1ccccc1.[Ir].[Ir]. The van der Waals surface area contributed by atoms with Crippen LogP contribution in [0.25, 0.3) is 67.3 Å². The van der Waals surface area contributed by atoms with Gasteiger partial charge in [-0.25, -0.2) is 0 Å². The Labute approximate surface area is 499 Å². The summed E-state index contributed by atoms with van der Waals surface area (Å²) in [5.41, 5.74) is 15.6. The Balaban J connectivity index is 0.000000221. The molecule has 79 heavy (non-hydrogen) atoms. The van der Waals surface area contributed by atoms with E-state index >= 15 is 0 Å². The van der Waals surface area contributed by atoms with E-state index in [0.29, 0.717) is 0 Å². The Bertz CT molecular complexity index is 3200. The Hall–Kier alpha value is -7.14. The summed E-state index contributed by atoms with van der Waals surface area (Å²) in [7, 11) is -2.59. The molecule has 406 valence electrons. The summed E-state index contributed by atoms with van der Waals surface area (Å²) in [5.74, 6) is -0.0625. The van der Waals surface area contributed by atoms with Gasteiger partial charge < -0.3 is 20.1 Å². The molecule has 0 saturated heterocycles. The molecular formula is C69H69Ir2N4O2Si2-3. The van der Waals surface area contributed by atoms with Gasteiger partial charge in [0.25, 0.3) is 0 Å². The molecule has 6 aromatic carbocycles. The van der Waals surface area contributed by atoms with Gasteiger partial charge in [0, 0.05) is 76.6 Å². The Morgan fingerprint density at radius 1 is 0.430 bits per heavy atom. The molecule has 0 saturated carbocycles. The van der Waals surface area contributed by atoms with Crippen molar-refractivity contribution in [1.82, 2.24) is 19.9 Å². The van der Waals surface area contributed by atoms with Crippen molar-refractivity contribution in [3.05, 3.63) is 266 Å². The number of rotatable bonds is 9. The van der Waals surface area contributed by atoms with Crippen LogP contribution in [0.15, 0.2) is 237 Å². The molecule has 0 aliphatic carbocycles. The number of benzene rings is 6. The van der Waals surface area contributed by atoms with E-state index in [-0.39, 0.29) is 51.8 Å². The summed E-state index contributed by atoms with van der Waals surface area (Å²) < 4.78 is 0. The van der Waals surface area contributed by atoms with E-state index in [1.54, 1.807) is 0 Å². The van der Waals surface area contributed by atoms with E-state index in [9.17, 15) is 4.79 Å². The Morgan fingerprint density at radius 3 is 1.18 bits per heavy atom. The quantitative estimate of drug-likeness (QED) is 0.0670. The molecule has 0 atom stereocenters. The average Bonchev–Trinajstić information content (AvgIpc) is 3.45. The number of aryl methyl sites for hydroxylation is 2. The van der Waals surface area contributed by atoms with Gasteiger partial charge in [0.1, 0.15) is 0 Å². The van der Waals surface area contributed by atoms with Crippen LogP contribution < -0.4 is 10.4 Å². The minimum Gasteiger partial charge on any atom is -0.512 e. The fourth-order valence-electron chi connectivity index (χ4n) is 7.83. The van der Waals surface area contributed by atoms with Crippen molar-refractivity contribution in [3.8, 4) is 67.3 Å². The molecule has 10 rings (SSSR count). The summed E-state index contributed by atoms with van der Waals surface area (Å²) in [6.45, 7) is 21.0. The van der Waals surface area contributed by atoms with Gasteiger partial charge in [0.05, 0.1) is 27.6 Å². The number of aliphatic hydroxyl groups is 1. The van der Waals surface area contributed by atoms with E-state index in [0.717, 1.165) is 39.5 Å². The number of allylic oxidation sites excluding steroid dienone is 2. The molecule has 0 unspecified atom stereocenters. The first kappa shape index (κ1) is 64.4. The first-order valence-electron chi connectivity index (χ1n) is 25.8. The average molecular weight is 1430 g/mol. The maximum Gasteiger partial charge on any atom is 0.155 e. The normalized spacial score (nSPS) is 10.6. The van der Waals surface area contributed by atoms with Crippen molar-refractivity contribution in [2.24, 2.45) is 0 Å². The van der Waals surface area contributed by atoms with Crippen LogP contribution in [0.3, 0.4) is 0 Å². The van der Waals surface area contributed by atoms with Gasteiger partial charge >= 0.3 is 0 Å². The molecule has 0 spiro atoms. The molecular weight excluding hydrogens is 1360 g/mol. The molecule has 4 aromatic heterocycles. The zero-order valence-corrected chi connectivity index (χ0v) is 53.5. The number of carbonyl (C=O) groups is 1. The fourth-order valence-corrected chi connectivity index (χ4v) is 9.90. The second-order valence-electron chi connectivity index (χ2n) is 20.5. The number of hydrogen-bond donors (Lipinski definition) is 1. The monoisotopic (exact) mass is 1430 g/mol. The largest absolute Gasteiger partial charge is 0.512 e. The number of aliphatic hydroxyl groups excluding tert-OH is 1. The number of carbonyl (C=O) groups excluding carboxylic acids is 1. The van der Waals surface area contributed by atoms with Crippen molar-refractivity contribution in [3.63, 3.8) is 0 Å². The van der Waals surface area contributed by atoms with Crippen LogP contribution in [-0.2, 0) is 45.0 Å². The van der Waals surface area contributed by atoms with E-state index in [1.807, 2.05) is 104 Å². The van der Waals surface area contributed by atoms with Gasteiger partial charge in [-0.05, 0) is 84.0 Å². The molecule has 0 aliphatic rings. The molecule has 1 N–H and O–H groups in total. The van der Waals surface area contributed by atoms with Gasteiger partial charge in [-0.2, -0.15) is 0 Å². The molecule has 0 fully saturated rings. The number of hydrogen-bond acceptors (Lipinski definition) is 6. The summed E-state index contributed by atoms with van der Waals surface area (Å²) in [5, 5.41) is 11.1. The van der Waals surface area contributed by atoms with Gasteiger partial charge in [0.2, 0.25) is 0 Å². The van der Waals surface area contributed by atoms with Crippen LogP contribution in [-0.4, -0.2) is 47.0 Å². The van der Waals surface area contributed by atoms with Gasteiger partial charge in [-0.3, -0.25) is 9.78 Å². The van der Waals surface area contributed by atoms with Crippen LogP contribution in [0.4, 0.5) is 0 Å². The minimum absolute atomic E-state index is 0. The molecule has 10 heteroatoms. The van der Waals surface area contributed by atoms with Crippen molar-refractivity contribution < 1.29 is 50.1 Å². The zero-order chi connectivity index (χ0) is 55.2. The predicted octanol–water partition coefficient (Wildman–Crippen LogP) is 16.5. The summed E-state index contributed by atoms with van der Waals surface area (Å²) >= 11 is 0. The van der Waals surface area contributed by atoms with Crippen LogP contribution in [0, 0.1) is 32.0 Å². The fraction of sp³-hybridized carbons (Fsp3) is 0.145. The third-order valence-electron chi connectivity index (χ3n) is 12.1. The van der Waals surface area contributed by atoms with Crippen molar-refractivity contribution in [2.45, 2.75) is 67.0 Å². The number of aromatic nitrogens is 4. The second-order valence-corrected chi connectivity index (χ2v) is 30.6. The van der Waals surface area contributed by atoms with E-state index in [4.69, 9.17) is 5.11 Å². The van der Waals surface area contributed by atoms with Crippen LogP contribution in [0.2, 0.25) is 39.3 Å².